The second kappa shape index (κ2) is 13.3. The van der Waals surface area contributed by atoms with Crippen molar-refractivity contribution >= 4 is 12.4 Å². The summed E-state index contributed by atoms with van der Waals surface area (Å²) in [5, 5.41) is 7.73. The maximum atomic E-state index is 4.27. The Bertz CT molecular complexity index is 317. The van der Waals surface area contributed by atoms with Crippen molar-refractivity contribution in [2.75, 3.05) is 14.1 Å². The number of hydrazone groups is 2. The molecule has 0 fully saturated rings. The van der Waals surface area contributed by atoms with Crippen LogP contribution in [0, 0.1) is 0 Å². The second-order valence-electron chi connectivity index (χ2n) is 2.45. The summed E-state index contributed by atoms with van der Waals surface area (Å²) >= 11 is 0. The number of pyridine rings is 1. The summed E-state index contributed by atoms with van der Waals surface area (Å²) in [6.07, 6.45) is 3.30. The van der Waals surface area contributed by atoms with Gasteiger partial charge in [0.1, 0.15) is 0 Å². The van der Waals surface area contributed by atoms with E-state index in [1.54, 1.807) is 26.5 Å². The third-order valence-corrected chi connectivity index (χ3v) is 1.44. The standard InChI is InChI=1S/C9H13N5.2ClH.V/c1-10-12-6-8-4-3-5-9(14-8)7-13-11-2;;;/h3-7,10-11H,1-2H3;2*1H;/q;;;+2/p-2. The Kier molecular flexibility index (Phi) is 16.9. The molecular formula is C9H13Cl2N5V. The van der Waals surface area contributed by atoms with Crippen molar-refractivity contribution in [2.45, 2.75) is 0 Å². The van der Waals surface area contributed by atoms with Crippen LogP contribution in [0.1, 0.15) is 11.4 Å². The molecule has 0 aromatic carbocycles. The summed E-state index contributed by atoms with van der Waals surface area (Å²) in [4.78, 5) is 4.27. The molecule has 2 N–H and O–H groups in total. The first-order chi connectivity index (χ1) is 6.86. The van der Waals surface area contributed by atoms with Crippen molar-refractivity contribution in [1.82, 2.24) is 15.8 Å². The van der Waals surface area contributed by atoms with Crippen molar-refractivity contribution in [1.29, 1.82) is 0 Å². The minimum atomic E-state index is 0. The Morgan fingerprint density at radius 3 is 1.76 bits per heavy atom. The van der Waals surface area contributed by atoms with Crippen molar-refractivity contribution in [3.05, 3.63) is 29.6 Å². The van der Waals surface area contributed by atoms with E-state index in [1.165, 1.54) is 0 Å². The fraction of sp³-hybridized carbons (Fsp3) is 0.222. The van der Waals surface area contributed by atoms with Gasteiger partial charge in [-0.2, -0.15) is 10.2 Å². The number of rotatable bonds is 4. The van der Waals surface area contributed by atoms with Crippen LogP contribution in [-0.4, -0.2) is 31.5 Å². The largest absolute Gasteiger partial charge is 2.00 e. The molecule has 0 spiro atoms. The Labute approximate surface area is 125 Å². The van der Waals surface area contributed by atoms with Gasteiger partial charge in [-0.3, -0.25) is 0 Å². The first-order valence-corrected chi connectivity index (χ1v) is 4.23. The van der Waals surface area contributed by atoms with Gasteiger partial charge in [-0.15, -0.1) is 0 Å². The number of nitrogens with zero attached hydrogens (tertiary/aromatic N) is 3. The van der Waals surface area contributed by atoms with Crippen LogP contribution in [0.5, 0.6) is 0 Å². The number of nitrogens with one attached hydrogen (secondary N) is 2. The van der Waals surface area contributed by atoms with Gasteiger partial charge in [0.25, 0.3) is 0 Å². The molecule has 1 rings (SSSR count). The van der Waals surface area contributed by atoms with E-state index in [9.17, 15) is 0 Å². The predicted octanol–water partition coefficient (Wildman–Crippen LogP) is -5.81. The molecule has 1 heterocycles. The molecule has 0 aliphatic heterocycles. The van der Waals surface area contributed by atoms with Crippen molar-refractivity contribution < 1.29 is 43.4 Å². The summed E-state index contributed by atoms with van der Waals surface area (Å²) in [5.41, 5.74) is 6.91. The van der Waals surface area contributed by atoms with Crippen LogP contribution >= 0.6 is 0 Å². The summed E-state index contributed by atoms with van der Waals surface area (Å²) in [6, 6.07) is 5.65. The Hall–Kier alpha value is -0.746. The van der Waals surface area contributed by atoms with Crippen LogP contribution in [-0.2, 0) is 18.6 Å². The zero-order chi connectivity index (χ0) is 10.2. The van der Waals surface area contributed by atoms with Crippen LogP contribution < -0.4 is 35.7 Å². The molecular weight excluding hydrogens is 300 g/mol. The first kappa shape index (κ1) is 21.5. The monoisotopic (exact) mass is 312 g/mol. The van der Waals surface area contributed by atoms with Crippen LogP contribution in [0.3, 0.4) is 0 Å². The molecule has 17 heavy (non-hydrogen) atoms. The Morgan fingerprint density at radius 2 is 1.41 bits per heavy atom. The van der Waals surface area contributed by atoms with E-state index in [4.69, 9.17) is 0 Å². The maximum Gasteiger partial charge on any atom is 2.00 e. The molecule has 0 saturated heterocycles. The molecule has 0 aliphatic carbocycles. The van der Waals surface area contributed by atoms with Gasteiger partial charge in [0.15, 0.2) is 0 Å². The molecule has 8 heteroatoms. The molecule has 93 valence electrons. The number of hydrogen-bond acceptors (Lipinski definition) is 5. The maximum absolute atomic E-state index is 4.27. The third-order valence-electron chi connectivity index (χ3n) is 1.44. The van der Waals surface area contributed by atoms with Gasteiger partial charge in [0, 0.05) is 14.1 Å². The summed E-state index contributed by atoms with van der Waals surface area (Å²) < 4.78 is 0. The van der Waals surface area contributed by atoms with E-state index < -0.39 is 0 Å². The quantitative estimate of drug-likeness (QED) is 0.430. The van der Waals surface area contributed by atoms with Crippen molar-refractivity contribution in [3.63, 3.8) is 0 Å². The van der Waals surface area contributed by atoms with Gasteiger partial charge >= 0.3 is 18.6 Å². The fourth-order valence-corrected chi connectivity index (χ4v) is 0.874. The molecule has 0 atom stereocenters. The average Bonchev–Trinajstić information content (AvgIpc) is 2.24. The molecule has 5 nitrogen and oxygen atoms in total. The van der Waals surface area contributed by atoms with Crippen LogP contribution in [0.15, 0.2) is 28.4 Å². The number of hydrogen-bond donors (Lipinski definition) is 2. The minimum Gasteiger partial charge on any atom is -1.00 e. The van der Waals surface area contributed by atoms with E-state index in [2.05, 4.69) is 26.0 Å². The zero-order valence-corrected chi connectivity index (χ0v) is 12.3. The van der Waals surface area contributed by atoms with Gasteiger partial charge in [-0.1, -0.05) is 6.07 Å². The molecule has 0 saturated carbocycles. The molecule has 0 aliphatic rings. The van der Waals surface area contributed by atoms with Gasteiger partial charge in [-0.05, 0) is 12.1 Å². The van der Waals surface area contributed by atoms with Gasteiger partial charge in [0.2, 0.25) is 0 Å². The van der Waals surface area contributed by atoms with E-state index in [1.807, 2.05) is 18.2 Å². The van der Waals surface area contributed by atoms with Crippen LogP contribution in [0.4, 0.5) is 0 Å². The number of aromatic nitrogens is 1. The third kappa shape index (κ3) is 9.00. The molecule has 0 bridgehead atoms. The summed E-state index contributed by atoms with van der Waals surface area (Å²) in [6.45, 7) is 0. The van der Waals surface area contributed by atoms with E-state index in [0.717, 1.165) is 11.4 Å². The number of halogens is 2. The van der Waals surface area contributed by atoms with E-state index >= 15 is 0 Å². The molecule has 0 unspecified atom stereocenters. The van der Waals surface area contributed by atoms with E-state index in [-0.39, 0.29) is 43.4 Å². The smallest absolute Gasteiger partial charge is 1.00 e. The summed E-state index contributed by atoms with van der Waals surface area (Å²) in [5.74, 6) is 0. The molecule has 1 aromatic heterocycles. The second-order valence-corrected chi connectivity index (χ2v) is 2.45. The van der Waals surface area contributed by atoms with Crippen LogP contribution in [0.2, 0.25) is 0 Å². The summed E-state index contributed by atoms with van der Waals surface area (Å²) in [7, 11) is 3.48. The minimum absolute atomic E-state index is 0. The Morgan fingerprint density at radius 1 is 1.00 bits per heavy atom. The van der Waals surface area contributed by atoms with Gasteiger partial charge in [-0.25, -0.2) is 4.98 Å². The SMILES string of the molecule is CNN=Cc1cccc(C=NNC)n1.[Cl-].[Cl-].[V+2]. The normalized spacial score (nSPS) is 9.06. The average molecular weight is 313 g/mol. The first-order valence-electron chi connectivity index (χ1n) is 4.23. The Balaban J connectivity index is -0.000000653. The zero-order valence-electron chi connectivity index (χ0n) is 9.43. The van der Waals surface area contributed by atoms with Gasteiger partial charge < -0.3 is 35.7 Å². The topological polar surface area (TPSA) is 61.7 Å². The van der Waals surface area contributed by atoms with Gasteiger partial charge in [0.05, 0.1) is 23.8 Å². The predicted molar refractivity (Wildman–Crippen MR) is 57.5 cm³/mol. The molecule has 0 amide bonds. The van der Waals surface area contributed by atoms with Crippen LogP contribution in [0.25, 0.3) is 0 Å². The van der Waals surface area contributed by atoms with Crippen molar-refractivity contribution in [3.8, 4) is 0 Å². The van der Waals surface area contributed by atoms with Crippen molar-refractivity contribution in [2.24, 2.45) is 10.2 Å². The molecule has 1 radical (unpaired) electrons. The van der Waals surface area contributed by atoms with E-state index in [0.29, 0.717) is 0 Å². The fourth-order valence-electron chi connectivity index (χ4n) is 0.874. The molecule has 1 aromatic rings.